The number of hydrogen-bond acceptors (Lipinski definition) is 5. The molecule has 0 bridgehead atoms. The molecule has 9 heteroatoms. The molecule has 172 valence electrons. The Balaban J connectivity index is 1.47. The zero-order chi connectivity index (χ0) is 23.9. The molecule has 4 rings (SSSR count). The Hall–Kier alpha value is -3.62. The number of carbonyl (C=O) groups is 2. The Morgan fingerprint density at radius 3 is 2.24 bits per heavy atom. The zero-order valence-electron chi connectivity index (χ0n) is 18.0. The van der Waals surface area contributed by atoms with Crippen LogP contribution in [-0.2, 0) is 22.6 Å². The van der Waals surface area contributed by atoms with Gasteiger partial charge in [-0.3, -0.25) is 29.8 Å². The molecule has 0 unspecified atom stereocenters. The van der Waals surface area contributed by atoms with Gasteiger partial charge in [0.2, 0.25) is 11.8 Å². The van der Waals surface area contributed by atoms with Crippen molar-refractivity contribution in [1.29, 1.82) is 0 Å². The maximum absolute atomic E-state index is 13.2. The van der Waals surface area contributed by atoms with Gasteiger partial charge in [-0.15, -0.1) is 0 Å². The second kappa shape index (κ2) is 11.0. The van der Waals surface area contributed by atoms with E-state index >= 15 is 0 Å². The molecule has 0 atom stereocenters. The predicted molar refractivity (Wildman–Crippen MR) is 134 cm³/mol. The van der Waals surface area contributed by atoms with Crippen LogP contribution in [0.3, 0.4) is 0 Å². The molecule has 0 saturated carbocycles. The number of thioether (sulfide) groups is 1. The Kier molecular flexibility index (Phi) is 7.61. The molecular weight excluding hydrogens is 472 g/mol. The first-order valence-corrected chi connectivity index (χ1v) is 11.8. The van der Waals surface area contributed by atoms with Gasteiger partial charge < -0.3 is 0 Å². The number of hydrogen-bond donors (Lipinski definition) is 2. The lowest BCUT2D eigenvalue weighted by Crippen LogP contribution is -2.43. The summed E-state index contributed by atoms with van der Waals surface area (Å²) in [5.74, 6) is -0.777. The van der Waals surface area contributed by atoms with Crippen molar-refractivity contribution >= 4 is 46.1 Å². The highest BCUT2D eigenvalue weighted by molar-refractivity contribution is 7.99. The predicted octanol–water partition coefficient (Wildman–Crippen LogP) is 3.58. The van der Waals surface area contributed by atoms with Crippen molar-refractivity contribution in [1.82, 2.24) is 20.4 Å². The van der Waals surface area contributed by atoms with Gasteiger partial charge in [0.15, 0.2) is 5.16 Å². The first kappa shape index (κ1) is 23.5. The van der Waals surface area contributed by atoms with Gasteiger partial charge in [-0.2, -0.15) is 0 Å². The van der Waals surface area contributed by atoms with Crippen molar-refractivity contribution in [3.8, 4) is 0 Å². The number of benzene rings is 3. The minimum Gasteiger partial charge on any atom is -0.283 e. The number of hydrazine groups is 1. The summed E-state index contributed by atoms with van der Waals surface area (Å²) in [6.45, 7) is 0.299. The summed E-state index contributed by atoms with van der Waals surface area (Å²) in [6.07, 6.45) is 0.152. The SMILES string of the molecule is O=C(CSc1nc2ccc(Cl)cc2c(=O)n1Cc1ccccc1)NNC(=O)Cc1ccccc1. The van der Waals surface area contributed by atoms with E-state index in [9.17, 15) is 14.4 Å². The molecule has 34 heavy (non-hydrogen) atoms. The van der Waals surface area contributed by atoms with Crippen molar-refractivity contribution in [2.24, 2.45) is 0 Å². The number of halogens is 1. The van der Waals surface area contributed by atoms with E-state index in [1.165, 1.54) is 4.57 Å². The summed E-state index contributed by atoms with van der Waals surface area (Å²) in [4.78, 5) is 42.3. The van der Waals surface area contributed by atoms with Gasteiger partial charge in [0.25, 0.3) is 5.56 Å². The molecule has 2 amide bonds. The van der Waals surface area contributed by atoms with Gasteiger partial charge in [0, 0.05) is 5.02 Å². The average molecular weight is 493 g/mol. The van der Waals surface area contributed by atoms with Gasteiger partial charge in [-0.1, -0.05) is 84.0 Å². The lowest BCUT2D eigenvalue weighted by atomic mass is 10.1. The molecule has 0 fully saturated rings. The van der Waals surface area contributed by atoms with E-state index in [0.29, 0.717) is 27.6 Å². The average Bonchev–Trinajstić information content (AvgIpc) is 2.85. The molecule has 0 aliphatic rings. The van der Waals surface area contributed by atoms with Crippen LogP contribution in [0.1, 0.15) is 11.1 Å². The van der Waals surface area contributed by atoms with E-state index in [1.54, 1.807) is 18.2 Å². The summed E-state index contributed by atoms with van der Waals surface area (Å²) < 4.78 is 1.53. The molecular formula is C25H21ClN4O3S. The molecule has 3 aromatic carbocycles. The maximum Gasteiger partial charge on any atom is 0.262 e. The van der Waals surface area contributed by atoms with Crippen LogP contribution in [-0.4, -0.2) is 27.1 Å². The van der Waals surface area contributed by atoms with Crippen LogP contribution in [0, 0.1) is 0 Å². The van der Waals surface area contributed by atoms with Crippen LogP contribution >= 0.6 is 23.4 Å². The molecule has 1 heterocycles. The van der Waals surface area contributed by atoms with Gasteiger partial charge in [-0.05, 0) is 29.3 Å². The molecule has 0 aliphatic heterocycles. The largest absolute Gasteiger partial charge is 0.283 e. The molecule has 1 aromatic heterocycles. The Labute approximate surface area is 205 Å². The van der Waals surface area contributed by atoms with Crippen molar-refractivity contribution < 1.29 is 9.59 Å². The third kappa shape index (κ3) is 6.03. The minimum absolute atomic E-state index is 0.0358. The Morgan fingerprint density at radius 2 is 1.53 bits per heavy atom. The summed E-state index contributed by atoms with van der Waals surface area (Å²) in [7, 11) is 0. The van der Waals surface area contributed by atoms with Crippen LogP contribution in [0.4, 0.5) is 0 Å². The number of amides is 2. The van der Waals surface area contributed by atoms with E-state index < -0.39 is 5.91 Å². The van der Waals surface area contributed by atoms with Crippen LogP contribution in [0.25, 0.3) is 10.9 Å². The van der Waals surface area contributed by atoms with E-state index in [2.05, 4.69) is 15.8 Å². The topological polar surface area (TPSA) is 93.1 Å². The number of aromatic nitrogens is 2. The smallest absolute Gasteiger partial charge is 0.262 e. The monoisotopic (exact) mass is 492 g/mol. The second-order valence-electron chi connectivity index (χ2n) is 7.48. The van der Waals surface area contributed by atoms with E-state index in [4.69, 9.17) is 11.6 Å². The lowest BCUT2D eigenvalue weighted by Gasteiger charge is -2.13. The van der Waals surface area contributed by atoms with Gasteiger partial charge in [0.1, 0.15) is 0 Å². The van der Waals surface area contributed by atoms with E-state index in [-0.39, 0.29) is 23.6 Å². The van der Waals surface area contributed by atoms with E-state index in [0.717, 1.165) is 22.9 Å². The minimum atomic E-state index is -0.414. The summed E-state index contributed by atoms with van der Waals surface area (Å²) in [5.41, 5.74) is 6.85. The third-order valence-corrected chi connectivity index (χ3v) is 6.16. The van der Waals surface area contributed by atoms with Crippen LogP contribution in [0.2, 0.25) is 5.02 Å². The molecule has 0 spiro atoms. The van der Waals surface area contributed by atoms with Crippen LogP contribution in [0.15, 0.2) is 88.8 Å². The highest BCUT2D eigenvalue weighted by Crippen LogP contribution is 2.21. The number of rotatable bonds is 7. The number of carbonyl (C=O) groups excluding carboxylic acids is 2. The van der Waals surface area contributed by atoms with Gasteiger partial charge >= 0.3 is 0 Å². The quantitative estimate of drug-likeness (QED) is 0.234. The van der Waals surface area contributed by atoms with Gasteiger partial charge in [-0.25, -0.2) is 4.98 Å². The van der Waals surface area contributed by atoms with E-state index in [1.807, 2.05) is 60.7 Å². The molecule has 0 radical (unpaired) electrons. The molecule has 4 aromatic rings. The fourth-order valence-corrected chi connectivity index (χ4v) is 4.29. The Bertz CT molecular complexity index is 1380. The van der Waals surface area contributed by atoms with Crippen LogP contribution in [0.5, 0.6) is 0 Å². The molecule has 2 N–H and O–H groups in total. The van der Waals surface area contributed by atoms with Crippen molar-refractivity contribution in [3.05, 3.63) is 105 Å². The third-order valence-electron chi connectivity index (χ3n) is 4.95. The molecule has 0 aliphatic carbocycles. The van der Waals surface area contributed by atoms with Crippen molar-refractivity contribution in [2.45, 2.75) is 18.1 Å². The number of nitrogens with zero attached hydrogens (tertiary/aromatic N) is 2. The molecule has 7 nitrogen and oxygen atoms in total. The normalized spacial score (nSPS) is 10.7. The molecule has 0 saturated heterocycles. The zero-order valence-corrected chi connectivity index (χ0v) is 19.6. The maximum atomic E-state index is 13.2. The van der Waals surface area contributed by atoms with Crippen molar-refractivity contribution in [3.63, 3.8) is 0 Å². The summed E-state index contributed by atoms with van der Waals surface area (Å²) >= 11 is 7.21. The first-order valence-electron chi connectivity index (χ1n) is 10.5. The number of fused-ring (bicyclic) bond motifs is 1. The highest BCUT2D eigenvalue weighted by Gasteiger charge is 2.15. The Morgan fingerprint density at radius 1 is 0.882 bits per heavy atom. The second-order valence-corrected chi connectivity index (χ2v) is 8.86. The highest BCUT2D eigenvalue weighted by atomic mass is 35.5. The first-order chi connectivity index (χ1) is 16.5. The standard InChI is InChI=1S/C25H21ClN4O3S/c26-19-11-12-21-20(14-19)24(33)30(15-18-9-5-2-6-10-18)25(27-21)34-16-23(32)29-28-22(31)13-17-7-3-1-4-8-17/h1-12,14H,13,15-16H2,(H,28,31)(H,29,32). The fraction of sp³-hybridized carbons (Fsp3) is 0.120. The van der Waals surface area contributed by atoms with Crippen molar-refractivity contribution in [2.75, 3.05) is 5.75 Å². The lowest BCUT2D eigenvalue weighted by molar-refractivity contribution is -0.127. The summed E-state index contributed by atoms with van der Waals surface area (Å²) in [5, 5.41) is 1.25. The van der Waals surface area contributed by atoms with Crippen LogP contribution < -0.4 is 16.4 Å². The fourth-order valence-electron chi connectivity index (χ4n) is 3.32. The van der Waals surface area contributed by atoms with Gasteiger partial charge in [0.05, 0.1) is 29.6 Å². The summed E-state index contributed by atoms with van der Waals surface area (Å²) in [6, 6.07) is 23.7. The number of nitrogens with one attached hydrogen (secondary N) is 2.